The highest BCUT2D eigenvalue weighted by Gasteiger charge is 2.32. The molecule has 0 saturated heterocycles. The third-order valence-electron chi connectivity index (χ3n) is 4.99. The van der Waals surface area contributed by atoms with Gasteiger partial charge in [-0.1, -0.05) is 19.1 Å². The molecule has 0 aliphatic carbocycles. The lowest BCUT2D eigenvalue weighted by Gasteiger charge is -2.30. The first kappa shape index (κ1) is 23.4. The molecule has 0 heterocycles. The average molecular weight is 433 g/mol. The molecule has 162 valence electrons. The van der Waals surface area contributed by atoms with Crippen molar-refractivity contribution < 1.29 is 22.7 Å². The number of hydrogen-bond acceptors (Lipinski definition) is 5. The van der Waals surface area contributed by atoms with Crippen molar-refractivity contribution in [1.29, 1.82) is 0 Å². The summed E-state index contributed by atoms with van der Waals surface area (Å²) < 4.78 is 31.1. The molecule has 0 bridgehead atoms. The Balaban J connectivity index is 2.44. The zero-order valence-corrected chi connectivity index (χ0v) is 19.0. The number of nitrogens with zero attached hydrogens (tertiary/aromatic N) is 1. The molecule has 0 unspecified atom stereocenters. The quantitative estimate of drug-likeness (QED) is 0.675. The third kappa shape index (κ3) is 5.18. The maximum Gasteiger partial charge on any atom is 0.337 e. The maximum absolute atomic E-state index is 13.1. The summed E-state index contributed by atoms with van der Waals surface area (Å²) in [7, 11) is -2.45. The molecule has 2 aromatic rings. The molecule has 0 aliphatic rings. The Kier molecular flexibility index (Phi) is 7.25. The summed E-state index contributed by atoms with van der Waals surface area (Å²) in [5.74, 6) is -1.00. The van der Waals surface area contributed by atoms with E-state index in [4.69, 9.17) is 4.74 Å². The Labute approximate surface area is 178 Å². The molecule has 2 aromatic carbocycles. The van der Waals surface area contributed by atoms with E-state index >= 15 is 0 Å². The van der Waals surface area contributed by atoms with Crippen molar-refractivity contribution in [3.05, 3.63) is 58.7 Å². The van der Waals surface area contributed by atoms with Crippen LogP contribution >= 0.6 is 0 Å². The number of methoxy groups -OCH3 is 1. The number of rotatable bonds is 7. The first-order chi connectivity index (χ1) is 14.0. The van der Waals surface area contributed by atoms with Crippen molar-refractivity contribution in [2.24, 2.45) is 0 Å². The predicted octanol–water partition coefficient (Wildman–Crippen LogP) is 3.58. The Morgan fingerprint density at radius 3 is 2.20 bits per heavy atom. The lowest BCUT2D eigenvalue weighted by atomic mass is 10.1. The second kappa shape index (κ2) is 9.30. The van der Waals surface area contributed by atoms with Crippen LogP contribution in [0.5, 0.6) is 0 Å². The number of carbonyl (C=O) groups is 2. The van der Waals surface area contributed by atoms with Gasteiger partial charge in [-0.15, -0.1) is 0 Å². The molecule has 8 heteroatoms. The summed E-state index contributed by atoms with van der Waals surface area (Å²) in [6.45, 7) is 7.36. The Morgan fingerprint density at radius 1 is 1.03 bits per heavy atom. The number of hydrogen-bond donors (Lipinski definition) is 1. The van der Waals surface area contributed by atoms with E-state index in [1.165, 1.54) is 13.2 Å². The van der Waals surface area contributed by atoms with Gasteiger partial charge < -0.3 is 10.1 Å². The van der Waals surface area contributed by atoms with Gasteiger partial charge in [0.15, 0.2) is 0 Å². The van der Waals surface area contributed by atoms with Crippen LogP contribution in [0.25, 0.3) is 0 Å². The molecule has 2 rings (SSSR count). The van der Waals surface area contributed by atoms with Crippen LogP contribution in [-0.4, -0.2) is 39.7 Å². The predicted molar refractivity (Wildman–Crippen MR) is 118 cm³/mol. The van der Waals surface area contributed by atoms with E-state index in [-0.39, 0.29) is 6.42 Å². The van der Waals surface area contributed by atoms with Crippen LogP contribution in [0.2, 0.25) is 0 Å². The second-order valence-electron chi connectivity index (χ2n) is 7.26. The minimum absolute atomic E-state index is 0.265. The first-order valence-corrected chi connectivity index (χ1v) is 11.4. The van der Waals surface area contributed by atoms with Crippen molar-refractivity contribution in [2.45, 2.75) is 40.2 Å². The number of anilines is 2. The number of benzene rings is 2. The lowest BCUT2D eigenvalue weighted by molar-refractivity contribution is -0.117. The van der Waals surface area contributed by atoms with Gasteiger partial charge in [0.2, 0.25) is 15.9 Å². The molecule has 0 aromatic heterocycles. The van der Waals surface area contributed by atoms with Gasteiger partial charge in [-0.05, 0) is 68.1 Å². The molecule has 0 spiro atoms. The number of amides is 1. The SMILES string of the molecule is CC[C@@H](C(=O)Nc1cc(C(=O)OC)ccc1C)N(c1ccc(C)c(C)c1)S(C)(=O)=O. The zero-order chi connectivity index (χ0) is 22.6. The first-order valence-electron chi connectivity index (χ1n) is 9.56. The minimum Gasteiger partial charge on any atom is -0.465 e. The van der Waals surface area contributed by atoms with Crippen molar-refractivity contribution in [1.82, 2.24) is 0 Å². The van der Waals surface area contributed by atoms with E-state index in [2.05, 4.69) is 5.32 Å². The van der Waals surface area contributed by atoms with Gasteiger partial charge in [-0.2, -0.15) is 0 Å². The van der Waals surface area contributed by atoms with Crippen LogP contribution in [0.15, 0.2) is 36.4 Å². The average Bonchev–Trinajstić information content (AvgIpc) is 2.68. The Bertz CT molecular complexity index is 1060. The number of ether oxygens (including phenoxy) is 1. The summed E-state index contributed by atoms with van der Waals surface area (Å²) in [6.07, 6.45) is 1.35. The summed E-state index contributed by atoms with van der Waals surface area (Å²) in [5, 5.41) is 2.78. The molecule has 0 radical (unpaired) electrons. The highest BCUT2D eigenvalue weighted by atomic mass is 32.2. The molecular formula is C22H28N2O5S. The molecule has 1 atom stereocenters. The highest BCUT2D eigenvalue weighted by molar-refractivity contribution is 7.92. The van der Waals surface area contributed by atoms with Gasteiger partial charge in [0.25, 0.3) is 0 Å². The van der Waals surface area contributed by atoms with Crippen LogP contribution in [0, 0.1) is 20.8 Å². The smallest absolute Gasteiger partial charge is 0.337 e. The van der Waals surface area contributed by atoms with Gasteiger partial charge in [-0.25, -0.2) is 13.2 Å². The molecular weight excluding hydrogens is 404 g/mol. The van der Waals surface area contributed by atoms with Gasteiger partial charge >= 0.3 is 5.97 Å². The van der Waals surface area contributed by atoms with Crippen LogP contribution < -0.4 is 9.62 Å². The van der Waals surface area contributed by atoms with Crippen LogP contribution in [-0.2, 0) is 19.6 Å². The normalized spacial score (nSPS) is 12.2. The van der Waals surface area contributed by atoms with Crippen molar-refractivity contribution in [3.8, 4) is 0 Å². The lowest BCUT2D eigenvalue weighted by Crippen LogP contribution is -2.47. The number of sulfonamides is 1. The molecule has 0 aliphatic heterocycles. The fourth-order valence-corrected chi connectivity index (χ4v) is 4.34. The summed E-state index contributed by atoms with van der Waals surface area (Å²) >= 11 is 0. The van der Waals surface area contributed by atoms with E-state index in [9.17, 15) is 18.0 Å². The van der Waals surface area contributed by atoms with E-state index in [1.54, 1.807) is 38.1 Å². The fourth-order valence-electron chi connectivity index (χ4n) is 3.14. The van der Waals surface area contributed by atoms with E-state index in [0.29, 0.717) is 16.9 Å². The minimum atomic E-state index is -3.73. The monoisotopic (exact) mass is 432 g/mol. The van der Waals surface area contributed by atoms with Gasteiger partial charge in [0.05, 0.1) is 24.6 Å². The number of nitrogens with one attached hydrogen (secondary N) is 1. The summed E-state index contributed by atoms with van der Waals surface area (Å²) in [5.41, 5.74) is 3.85. The number of carbonyl (C=O) groups excluding carboxylic acids is 2. The van der Waals surface area contributed by atoms with Crippen molar-refractivity contribution in [2.75, 3.05) is 23.0 Å². The fraction of sp³-hybridized carbons (Fsp3) is 0.364. The highest BCUT2D eigenvalue weighted by Crippen LogP contribution is 2.26. The molecule has 1 amide bonds. The molecule has 7 nitrogen and oxygen atoms in total. The van der Waals surface area contributed by atoms with Gasteiger partial charge in [-0.3, -0.25) is 9.10 Å². The van der Waals surface area contributed by atoms with Crippen LogP contribution in [0.3, 0.4) is 0 Å². The molecule has 0 fully saturated rings. The molecule has 0 saturated carbocycles. The summed E-state index contributed by atoms with van der Waals surface area (Å²) in [4.78, 5) is 24.9. The third-order valence-corrected chi connectivity index (χ3v) is 6.17. The Morgan fingerprint density at radius 2 is 1.67 bits per heavy atom. The number of esters is 1. The molecule has 1 N–H and O–H groups in total. The van der Waals surface area contributed by atoms with Crippen molar-refractivity contribution in [3.63, 3.8) is 0 Å². The van der Waals surface area contributed by atoms with Crippen molar-refractivity contribution >= 4 is 33.3 Å². The van der Waals surface area contributed by atoms with E-state index in [1.807, 2.05) is 19.9 Å². The topological polar surface area (TPSA) is 92.8 Å². The largest absolute Gasteiger partial charge is 0.465 e. The Hall–Kier alpha value is -2.87. The van der Waals surface area contributed by atoms with Crippen LogP contribution in [0.1, 0.15) is 40.4 Å². The standard InChI is InChI=1S/C22H28N2O5S/c1-7-20(24(30(6,27)28)18-11-9-14(2)16(4)12-18)21(25)23-19-13-17(22(26)29-5)10-8-15(19)3/h8-13,20H,7H2,1-6H3,(H,23,25)/t20-/m0/s1. The second-order valence-corrected chi connectivity index (χ2v) is 9.12. The van der Waals surface area contributed by atoms with Gasteiger partial charge in [0.1, 0.15) is 6.04 Å². The maximum atomic E-state index is 13.1. The van der Waals surface area contributed by atoms with E-state index < -0.39 is 27.9 Å². The van der Waals surface area contributed by atoms with E-state index in [0.717, 1.165) is 27.3 Å². The van der Waals surface area contributed by atoms with Gasteiger partial charge in [0, 0.05) is 5.69 Å². The number of aryl methyl sites for hydroxylation is 3. The summed E-state index contributed by atoms with van der Waals surface area (Å²) in [6, 6.07) is 9.15. The van der Waals surface area contributed by atoms with Crippen LogP contribution in [0.4, 0.5) is 11.4 Å². The zero-order valence-electron chi connectivity index (χ0n) is 18.1. The molecule has 30 heavy (non-hydrogen) atoms.